The van der Waals surface area contributed by atoms with Crippen molar-refractivity contribution in [2.75, 3.05) is 37.7 Å². The molecular formula is C20H31N3O3. The topological polar surface area (TPSA) is 54.9 Å². The normalized spacial score (nSPS) is 21.6. The van der Waals surface area contributed by atoms with E-state index in [9.17, 15) is 4.79 Å². The van der Waals surface area contributed by atoms with E-state index in [0.717, 1.165) is 63.5 Å². The fraction of sp³-hybridized carbons (Fsp3) is 0.700. The fourth-order valence-electron chi connectivity index (χ4n) is 3.66. The average molecular weight is 361 g/mol. The lowest BCUT2D eigenvalue weighted by atomic mass is 9.94. The van der Waals surface area contributed by atoms with Crippen LogP contribution in [-0.4, -0.2) is 54.4 Å². The minimum Gasteiger partial charge on any atom is -0.444 e. The van der Waals surface area contributed by atoms with E-state index in [1.54, 1.807) is 0 Å². The SMILES string of the molecule is Cc1cc(N2CCOCC2)ncc1C1CCCCN1C(=O)OC(C)(C)C. The molecule has 3 heterocycles. The second-order valence-corrected chi connectivity index (χ2v) is 8.18. The maximum absolute atomic E-state index is 12.7. The number of likely N-dealkylation sites (tertiary alicyclic amines) is 1. The predicted molar refractivity (Wildman–Crippen MR) is 102 cm³/mol. The second kappa shape index (κ2) is 7.82. The Balaban J connectivity index is 1.79. The number of piperidine rings is 1. The molecule has 2 aliphatic rings. The zero-order valence-electron chi connectivity index (χ0n) is 16.5. The number of pyridine rings is 1. The molecule has 0 radical (unpaired) electrons. The molecule has 1 aromatic heterocycles. The van der Waals surface area contributed by atoms with E-state index in [1.807, 2.05) is 31.9 Å². The summed E-state index contributed by atoms with van der Waals surface area (Å²) < 4.78 is 11.1. The molecule has 1 amide bonds. The van der Waals surface area contributed by atoms with Crippen LogP contribution in [0.15, 0.2) is 12.3 Å². The van der Waals surface area contributed by atoms with Crippen molar-refractivity contribution in [3.05, 3.63) is 23.4 Å². The highest BCUT2D eigenvalue weighted by Gasteiger charge is 2.32. The monoisotopic (exact) mass is 361 g/mol. The Hall–Kier alpha value is -1.82. The lowest BCUT2D eigenvalue weighted by Crippen LogP contribution is -2.42. The summed E-state index contributed by atoms with van der Waals surface area (Å²) in [4.78, 5) is 21.5. The van der Waals surface area contributed by atoms with E-state index < -0.39 is 5.60 Å². The van der Waals surface area contributed by atoms with E-state index in [0.29, 0.717) is 0 Å². The van der Waals surface area contributed by atoms with Gasteiger partial charge < -0.3 is 19.3 Å². The van der Waals surface area contributed by atoms with E-state index in [4.69, 9.17) is 14.5 Å². The molecule has 144 valence electrons. The molecule has 6 nitrogen and oxygen atoms in total. The standard InChI is InChI=1S/C20H31N3O3/c1-15-13-18(22-9-11-25-12-10-22)21-14-16(15)17-7-5-6-8-23(17)19(24)26-20(2,3)4/h13-14,17H,5-12H2,1-4H3. The molecule has 0 bridgehead atoms. The van der Waals surface area contributed by atoms with Crippen LogP contribution in [0.25, 0.3) is 0 Å². The van der Waals surface area contributed by atoms with Gasteiger partial charge in [-0.15, -0.1) is 0 Å². The quantitative estimate of drug-likeness (QED) is 0.804. The van der Waals surface area contributed by atoms with Crippen LogP contribution < -0.4 is 4.90 Å². The van der Waals surface area contributed by atoms with Crippen molar-refractivity contribution in [2.24, 2.45) is 0 Å². The van der Waals surface area contributed by atoms with Crippen LogP contribution in [-0.2, 0) is 9.47 Å². The molecular weight excluding hydrogens is 330 g/mol. The van der Waals surface area contributed by atoms with Crippen LogP contribution in [0, 0.1) is 6.92 Å². The second-order valence-electron chi connectivity index (χ2n) is 8.18. The van der Waals surface area contributed by atoms with Gasteiger partial charge in [0.1, 0.15) is 11.4 Å². The zero-order chi connectivity index (χ0) is 18.7. The van der Waals surface area contributed by atoms with Crippen LogP contribution in [0.1, 0.15) is 57.2 Å². The van der Waals surface area contributed by atoms with Crippen molar-refractivity contribution in [1.82, 2.24) is 9.88 Å². The highest BCUT2D eigenvalue weighted by molar-refractivity contribution is 5.69. The minimum absolute atomic E-state index is 0.0461. The van der Waals surface area contributed by atoms with Gasteiger partial charge in [-0.25, -0.2) is 9.78 Å². The van der Waals surface area contributed by atoms with E-state index in [-0.39, 0.29) is 12.1 Å². The highest BCUT2D eigenvalue weighted by Crippen LogP contribution is 2.34. The summed E-state index contributed by atoms with van der Waals surface area (Å²) in [6.45, 7) is 11.8. The van der Waals surface area contributed by atoms with Crippen molar-refractivity contribution < 1.29 is 14.3 Å². The number of aryl methyl sites for hydroxylation is 1. The van der Waals surface area contributed by atoms with Crippen LogP contribution >= 0.6 is 0 Å². The summed E-state index contributed by atoms with van der Waals surface area (Å²) in [6.07, 6.45) is 4.83. The van der Waals surface area contributed by atoms with E-state index in [2.05, 4.69) is 17.9 Å². The average Bonchev–Trinajstić information content (AvgIpc) is 2.61. The van der Waals surface area contributed by atoms with Crippen LogP contribution in [0.2, 0.25) is 0 Å². The predicted octanol–water partition coefficient (Wildman–Crippen LogP) is 3.69. The molecule has 1 unspecified atom stereocenters. The molecule has 2 saturated heterocycles. The van der Waals surface area contributed by atoms with E-state index >= 15 is 0 Å². The van der Waals surface area contributed by atoms with Crippen LogP contribution in [0.5, 0.6) is 0 Å². The number of carbonyl (C=O) groups excluding carboxylic acids is 1. The summed E-state index contributed by atoms with van der Waals surface area (Å²) in [5, 5.41) is 0. The van der Waals surface area contributed by atoms with Gasteiger partial charge in [0.2, 0.25) is 0 Å². The van der Waals surface area contributed by atoms with Gasteiger partial charge in [0, 0.05) is 25.8 Å². The zero-order valence-corrected chi connectivity index (χ0v) is 16.5. The molecule has 0 spiro atoms. The Morgan fingerprint density at radius 1 is 1.23 bits per heavy atom. The number of hydrogen-bond donors (Lipinski definition) is 0. The maximum atomic E-state index is 12.7. The van der Waals surface area contributed by atoms with Gasteiger partial charge in [-0.2, -0.15) is 0 Å². The summed E-state index contributed by atoms with van der Waals surface area (Å²) in [5.41, 5.74) is 1.83. The van der Waals surface area contributed by atoms with Gasteiger partial charge in [-0.3, -0.25) is 0 Å². The van der Waals surface area contributed by atoms with Crippen molar-refractivity contribution in [3.8, 4) is 0 Å². The largest absolute Gasteiger partial charge is 0.444 e. The van der Waals surface area contributed by atoms with Gasteiger partial charge in [-0.05, 0) is 64.2 Å². The third-order valence-electron chi connectivity index (χ3n) is 4.96. The first-order chi connectivity index (χ1) is 12.3. The molecule has 6 heteroatoms. The van der Waals surface area contributed by atoms with E-state index in [1.165, 1.54) is 5.56 Å². The maximum Gasteiger partial charge on any atom is 0.410 e. The third-order valence-corrected chi connectivity index (χ3v) is 4.96. The van der Waals surface area contributed by atoms with Crippen molar-refractivity contribution in [1.29, 1.82) is 0 Å². The van der Waals surface area contributed by atoms with Crippen molar-refractivity contribution in [3.63, 3.8) is 0 Å². The van der Waals surface area contributed by atoms with Crippen LogP contribution in [0.3, 0.4) is 0 Å². The number of ether oxygens (including phenoxy) is 2. The van der Waals surface area contributed by atoms with Gasteiger partial charge in [-0.1, -0.05) is 0 Å². The van der Waals surface area contributed by atoms with Crippen molar-refractivity contribution in [2.45, 2.75) is 58.6 Å². The smallest absolute Gasteiger partial charge is 0.410 e. The Bertz CT molecular complexity index is 636. The number of amides is 1. The summed E-state index contributed by atoms with van der Waals surface area (Å²) in [5.74, 6) is 0.995. The molecule has 1 atom stereocenters. The summed E-state index contributed by atoms with van der Waals surface area (Å²) in [7, 11) is 0. The number of carbonyl (C=O) groups is 1. The minimum atomic E-state index is -0.480. The number of morpholine rings is 1. The number of aromatic nitrogens is 1. The lowest BCUT2D eigenvalue weighted by molar-refractivity contribution is 0.00942. The molecule has 0 N–H and O–H groups in total. The first-order valence-electron chi connectivity index (χ1n) is 9.64. The molecule has 0 aliphatic carbocycles. The molecule has 1 aromatic rings. The van der Waals surface area contributed by atoms with Gasteiger partial charge >= 0.3 is 6.09 Å². The van der Waals surface area contributed by atoms with Gasteiger partial charge in [0.05, 0.1) is 19.3 Å². The number of rotatable bonds is 2. The summed E-state index contributed by atoms with van der Waals surface area (Å²) >= 11 is 0. The molecule has 0 saturated carbocycles. The first-order valence-corrected chi connectivity index (χ1v) is 9.64. The fourth-order valence-corrected chi connectivity index (χ4v) is 3.66. The molecule has 2 fully saturated rings. The van der Waals surface area contributed by atoms with Crippen LogP contribution in [0.4, 0.5) is 10.6 Å². The lowest BCUT2D eigenvalue weighted by Gasteiger charge is -2.37. The third kappa shape index (κ3) is 4.47. The molecule has 3 rings (SSSR count). The molecule has 2 aliphatic heterocycles. The number of nitrogens with zero attached hydrogens (tertiary/aromatic N) is 3. The summed E-state index contributed by atoms with van der Waals surface area (Å²) in [6, 6.07) is 2.19. The Labute approximate surface area is 156 Å². The van der Waals surface area contributed by atoms with Gasteiger partial charge in [0.15, 0.2) is 0 Å². The van der Waals surface area contributed by atoms with Gasteiger partial charge in [0.25, 0.3) is 0 Å². The van der Waals surface area contributed by atoms with Crippen molar-refractivity contribution >= 4 is 11.9 Å². The molecule has 26 heavy (non-hydrogen) atoms. The first kappa shape index (κ1) is 19.0. The Morgan fingerprint density at radius 2 is 1.96 bits per heavy atom. The Morgan fingerprint density at radius 3 is 2.62 bits per heavy atom. The number of anilines is 1. The number of hydrogen-bond acceptors (Lipinski definition) is 5. The highest BCUT2D eigenvalue weighted by atomic mass is 16.6. The Kier molecular flexibility index (Phi) is 5.70. The molecule has 0 aromatic carbocycles.